The highest BCUT2D eigenvalue weighted by atomic mass is 16.5. The fourth-order valence-corrected chi connectivity index (χ4v) is 2.42. The quantitative estimate of drug-likeness (QED) is 0.568. The maximum atomic E-state index is 11.7. The highest BCUT2D eigenvalue weighted by Gasteiger charge is 2.13. The molecular formula is C17H24N6O2. The molecule has 0 fully saturated rings. The molecular weight excluding hydrogens is 320 g/mol. The summed E-state index contributed by atoms with van der Waals surface area (Å²) in [7, 11) is 1.60. The molecule has 0 aromatic carbocycles. The Labute approximate surface area is 147 Å². The van der Waals surface area contributed by atoms with E-state index >= 15 is 0 Å². The van der Waals surface area contributed by atoms with E-state index in [0.717, 1.165) is 11.3 Å². The number of nitrogens with zero attached hydrogens (tertiary/aromatic N) is 2. The molecule has 0 aliphatic carbocycles. The van der Waals surface area contributed by atoms with Crippen molar-refractivity contribution in [1.29, 1.82) is 0 Å². The summed E-state index contributed by atoms with van der Waals surface area (Å²) < 4.78 is 5.01. The molecule has 0 spiro atoms. The first-order valence-electron chi connectivity index (χ1n) is 7.89. The first-order chi connectivity index (χ1) is 11.9. The SMILES string of the molecule is COC[C@H](N)CNc1cnc(C(N)=O)c(Nc2cc(C)cc(C)n2)c1. The lowest BCUT2D eigenvalue weighted by atomic mass is 10.2. The van der Waals surface area contributed by atoms with Crippen molar-refractivity contribution in [3.8, 4) is 0 Å². The Bertz CT molecular complexity index is 730. The molecule has 2 aromatic rings. The van der Waals surface area contributed by atoms with Crippen LogP contribution < -0.4 is 22.1 Å². The molecule has 0 unspecified atom stereocenters. The molecule has 0 saturated carbocycles. The van der Waals surface area contributed by atoms with Gasteiger partial charge in [-0.15, -0.1) is 0 Å². The third-order valence-electron chi connectivity index (χ3n) is 3.43. The van der Waals surface area contributed by atoms with Crippen molar-refractivity contribution in [2.24, 2.45) is 11.5 Å². The van der Waals surface area contributed by atoms with E-state index in [0.29, 0.717) is 30.3 Å². The number of methoxy groups -OCH3 is 1. The van der Waals surface area contributed by atoms with Crippen LogP contribution in [-0.4, -0.2) is 42.2 Å². The normalized spacial score (nSPS) is 11.8. The van der Waals surface area contributed by atoms with Gasteiger partial charge in [-0.25, -0.2) is 9.97 Å². The van der Waals surface area contributed by atoms with Gasteiger partial charge < -0.3 is 26.8 Å². The second-order valence-corrected chi connectivity index (χ2v) is 5.88. The smallest absolute Gasteiger partial charge is 0.269 e. The van der Waals surface area contributed by atoms with Gasteiger partial charge in [-0.05, 0) is 37.6 Å². The molecule has 1 amide bonds. The molecule has 2 aromatic heterocycles. The van der Waals surface area contributed by atoms with Crippen molar-refractivity contribution in [1.82, 2.24) is 9.97 Å². The Kier molecular flexibility index (Phi) is 6.26. The largest absolute Gasteiger partial charge is 0.383 e. The highest BCUT2D eigenvalue weighted by molar-refractivity contribution is 5.97. The van der Waals surface area contributed by atoms with Gasteiger partial charge in [-0.3, -0.25) is 4.79 Å². The molecule has 6 N–H and O–H groups in total. The molecule has 134 valence electrons. The van der Waals surface area contributed by atoms with Gasteiger partial charge in [-0.2, -0.15) is 0 Å². The van der Waals surface area contributed by atoms with Crippen molar-refractivity contribution in [3.05, 3.63) is 41.3 Å². The van der Waals surface area contributed by atoms with Crippen LogP contribution in [-0.2, 0) is 4.74 Å². The molecule has 0 saturated heterocycles. The Morgan fingerprint density at radius 2 is 2.08 bits per heavy atom. The fraction of sp³-hybridized carbons (Fsp3) is 0.353. The second kappa shape index (κ2) is 8.41. The molecule has 1 atom stereocenters. The van der Waals surface area contributed by atoms with E-state index in [2.05, 4.69) is 20.6 Å². The monoisotopic (exact) mass is 344 g/mol. The van der Waals surface area contributed by atoms with Gasteiger partial charge in [0.15, 0.2) is 5.69 Å². The van der Waals surface area contributed by atoms with Crippen LogP contribution >= 0.6 is 0 Å². The first kappa shape index (κ1) is 18.6. The number of aromatic nitrogens is 2. The van der Waals surface area contributed by atoms with Gasteiger partial charge in [0.2, 0.25) is 0 Å². The number of hydrogen-bond acceptors (Lipinski definition) is 7. The van der Waals surface area contributed by atoms with Crippen molar-refractivity contribution in [2.45, 2.75) is 19.9 Å². The number of hydrogen-bond donors (Lipinski definition) is 4. The summed E-state index contributed by atoms with van der Waals surface area (Å²) in [6, 6.07) is 5.45. The lowest BCUT2D eigenvalue weighted by Crippen LogP contribution is -2.33. The number of anilines is 3. The van der Waals surface area contributed by atoms with Gasteiger partial charge in [-0.1, -0.05) is 0 Å². The molecule has 0 bridgehead atoms. The summed E-state index contributed by atoms with van der Waals surface area (Å²) in [6.07, 6.45) is 1.54. The lowest BCUT2D eigenvalue weighted by Gasteiger charge is -2.15. The maximum absolute atomic E-state index is 11.7. The van der Waals surface area contributed by atoms with Crippen LogP contribution in [0, 0.1) is 13.8 Å². The number of aryl methyl sites for hydroxylation is 2. The standard InChI is InChI=1S/C17H24N6O2/c1-10-4-11(2)22-15(5-10)23-14-6-13(8-21-16(14)17(19)24)20-7-12(18)9-25-3/h4-6,8,12,20H,7,9,18H2,1-3H3,(H2,19,24)(H,22,23)/t12-/m1/s1. The van der Waals surface area contributed by atoms with Gasteiger partial charge in [0, 0.05) is 25.4 Å². The Balaban J connectivity index is 2.24. The fourth-order valence-electron chi connectivity index (χ4n) is 2.42. The van der Waals surface area contributed by atoms with E-state index in [9.17, 15) is 4.79 Å². The predicted molar refractivity (Wildman–Crippen MR) is 98.1 cm³/mol. The van der Waals surface area contributed by atoms with Crippen LogP contribution in [0.4, 0.5) is 17.2 Å². The number of nitrogens with one attached hydrogen (secondary N) is 2. The Morgan fingerprint density at radius 3 is 2.72 bits per heavy atom. The first-order valence-corrected chi connectivity index (χ1v) is 7.89. The second-order valence-electron chi connectivity index (χ2n) is 5.88. The highest BCUT2D eigenvalue weighted by Crippen LogP contribution is 2.22. The third kappa shape index (κ3) is 5.40. The zero-order valence-corrected chi connectivity index (χ0v) is 14.7. The topological polar surface area (TPSA) is 128 Å². The number of carbonyl (C=O) groups excluding carboxylic acids is 1. The average Bonchev–Trinajstić information content (AvgIpc) is 2.52. The van der Waals surface area contributed by atoms with Gasteiger partial charge >= 0.3 is 0 Å². The molecule has 0 radical (unpaired) electrons. The molecule has 0 aliphatic heterocycles. The van der Waals surface area contributed by atoms with Crippen LogP contribution in [0.25, 0.3) is 0 Å². The van der Waals surface area contributed by atoms with Gasteiger partial charge in [0.05, 0.1) is 24.2 Å². The van der Waals surface area contributed by atoms with Gasteiger partial charge in [0.25, 0.3) is 5.91 Å². The number of ether oxygens (including phenoxy) is 1. The minimum atomic E-state index is -0.616. The molecule has 25 heavy (non-hydrogen) atoms. The molecule has 8 heteroatoms. The minimum absolute atomic E-state index is 0.146. The van der Waals surface area contributed by atoms with Crippen LogP contribution in [0.15, 0.2) is 24.4 Å². The number of rotatable bonds is 8. The van der Waals surface area contributed by atoms with Gasteiger partial charge in [0.1, 0.15) is 5.82 Å². The average molecular weight is 344 g/mol. The van der Waals surface area contributed by atoms with Crippen LogP contribution in [0.5, 0.6) is 0 Å². The summed E-state index contributed by atoms with van der Waals surface area (Å²) in [5.41, 5.74) is 14.6. The molecule has 8 nitrogen and oxygen atoms in total. The van der Waals surface area contributed by atoms with Crippen molar-refractivity contribution < 1.29 is 9.53 Å². The van der Waals surface area contributed by atoms with E-state index in [1.807, 2.05) is 26.0 Å². The van der Waals surface area contributed by atoms with Crippen LogP contribution in [0.2, 0.25) is 0 Å². The zero-order chi connectivity index (χ0) is 18.4. The van der Waals surface area contributed by atoms with Crippen LogP contribution in [0.3, 0.4) is 0 Å². The summed E-state index contributed by atoms with van der Waals surface area (Å²) in [5.74, 6) is 0.00421. The van der Waals surface area contributed by atoms with E-state index in [4.69, 9.17) is 16.2 Å². The number of nitrogens with two attached hydrogens (primary N) is 2. The number of carbonyl (C=O) groups is 1. The van der Waals surface area contributed by atoms with Crippen LogP contribution in [0.1, 0.15) is 21.7 Å². The molecule has 2 rings (SSSR count). The molecule has 2 heterocycles. The zero-order valence-electron chi connectivity index (χ0n) is 14.7. The summed E-state index contributed by atoms with van der Waals surface area (Å²) >= 11 is 0. The Morgan fingerprint density at radius 1 is 1.32 bits per heavy atom. The van der Waals surface area contributed by atoms with E-state index in [1.165, 1.54) is 0 Å². The number of primary amides is 1. The predicted octanol–water partition coefficient (Wildman–Crippen LogP) is 1.32. The molecule has 0 aliphatic rings. The van der Waals surface area contributed by atoms with E-state index in [-0.39, 0.29) is 11.7 Å². The Hall–Kier alpha value is -2.71. The summed E-state index contributed by atoms with van der Waals surface area (Å²) in [4.78, 5) is 20.2. The number of amides is 1. The third-order valence-corrected chi connectivity index (χ3v) is 3.43. The van der Waals surface area contributed by atoms with E-state index in [1.54, 1.807) is 19.4 Å². The number of pyridine rings is 2. The van der Waals surface area contributed by atoms with Crippen molar-refractivity contribution in [3.63, 3.8) is 0 Å². The summed E-state index contributed by atoms with van der Waals surface area (Å²) in [6.45, 7) is 4.83. The lowest BCUT2D eigenvalue weighted by molar-refractivity contribution is 0.0996. The van der Waals surface area contributed by atoms with Crippen molar-refractivity contribution in [2.75, 3.05) is 30.9 Å². The van der Waals surface area contributed by atoms with Crippen molar-refractivity contribution >= 4 is 23.1 Å². The minimum Gasteiger partial charge on any atom is -0.383 e. The van der Waals surface area contributed by atoms with E-state index < -0.39 is 5.91 Å². The summed E-state index contributed by atoms with van der Waals surface area (Å²) in [5, 5.41) is 6.28. The maximum Gasteiger partial charge on any atom is 0.269 e.